The monoisotopic (exact) mass is 384 g/mol. The third-order valence-corrected chi connectivity index (χ3v) is 4.45. The van der Waals surface area contributed by atoms with Gasteiger partial charge in [-0.1, -0.05) is 6.42 Å². The van der Waals surface area contributed by atoms with Gasteiger partial charge in [0, 0.05) is 25.6 Å². The first-order valence-electron chi connectivity index (χ1n) is 7.40. The lowest BCUT2D eigenvalue weighted by Gasteiger charge is -2.25. The summed E-state index contributed by atoms with van der Waals surface area (Å²) in [5.41, 5.74) is 6.54. The van der Waals surface area contributed by atoms with E-state index in [9.17, 15) is 4.79 Å². The van der Waals surface area contributed by atoms with Crippen molar-refractivity contribution in [2.75, 3.05) is 32.1 Å². The van der Waals surface area contributed by atoms with Gasteiger partial charge in [-0.15, -0.1) is 36.2 Å². The maximum atomic E-state index is 11.8. The fraction of sp³-hybridized carbons (Fsp3) is 0.714. The second-order valence-corrected chi connectivity index (χ2v) is 6.18. The third-order valence-electron chi connectivity index (χ3n) is 3.64. The molecule has 1 aliphatic rings. The van der Waals surface area contributed by atoms with Crippen molar-refractivity contribution >= 4 is 47.2 Å². The molecule has 1 saturated heterocycles. The summed E-state index contributed by atoms with van der Waals surface area (Å²) in [6.07, 6.45) is 3.89. The summed E-state index contributed by atoms with van der Waals surface area (Å²) < 4.78 is 5.10. The van der Waals surface area contributed by atoms with Crippen molar-refractivity contribution in [3.05, 3.63) is 11.1 Å². The topological polar surface area (TPSA) is 80.5 Å². The number of nitrogens with one attached hydrogen (secondary N) is 1. The van der Waals surface area contributed by atoms with Crippen molar-refractivity contribution < 1.29 is 9.53 Å². The number of halogens is 2. The molecule has 0 bridgehead atoms. The molecule has 2 heterocycles. The maximum absolute atomic E-state index is 11.8. The molecular formula is C14H26Cl2N4O2S. The third kappa shape index (κ3) is 7.78. The van der Waals surface area contributed by atoms with Gasteiger partial charge in [0.1, 0.15) is 0 Å². The maximum Gasteiger partial charge on any atom is 0.228 e. The molecule has 1 aromatic rings. The molecule has 1 amide bonds. The highest BCUT2D eigenvalue weighted by molar-refractivity contribution is 7.13. The Bertz CT molecular complexity index is 452. The summed E-state index contributed by atoms with van der Waals surface area (Å²) in [5.74, 6) is -0.105. The van der Waals surface area contributed by atoms with E-state index in [0.717, 1.165) is 25.3 Å². The molecule has 0 aliphatic carbocycles. The van der Waals surface area contributed by atoms with Crippen LogP contribution in [0.3, 0.4) is 0 Å². The lowest BCUT2D eigenvalue weighted by Crippen LogP contribution is -2.29. The minimum Gasteiger partial charge on any atom is -0.380 e. The van der Waals surface area contributed by atoms with Gasteiger partial charge in [0.15, 0.2) is 5.13 Å². The van der Waals surface area contributed by atoms with Crippen LogP contribution >= 0.6 is 36.2 Å². The van der Waals surface area contributed by atoms with E-state index in [0.29, 0.717) is 11.7 Å². The number of aromatic nitrogens is 1. The van der Waals surface area contributed by atoms with Crippen LogP contribution in [0.2, 0.25) is 0 Å². The van der Waals surface area contributed by atoms with Crippen molar-refractivity contribution in [1.82, 2.24) is 9.88 Å². The van der Waals surface area contributed by atoms with Crippen molar-refractivity contribution in [3.8, 4) is 0 Å². The van der Waals surface area contributed by atoms with Gasteiger partial charge in [-0.2, -0.15) is 0 Å². The summed E-state index contributed by atoms with van der Waals surface area (Å²) in [6, 6.07) is 0. The fourth-order valence-corrected chi connectivity index (χ4v) is 3.14. The molecular weight excluding hydrogens is 359 g/mol. The first kappa shape index (κ1) is 22.6. The Morgan fingerprint density at radius 1 is 1.43 bits per heavy atom. The zero-order valence-electron chi connectivity index (χ0n) is 13.3. The standard InChI is InChI=1S/C14H24N4O2S.2ClH/c1-20-12(8-15)7-13(19)17-14-16-11(10-21-14)9-18-5-3-2-4-6-18;;/h10,12H,2-9,15H2,1H3,(H,16,17,19);2*1H. The number of nitrogens with zero attached hydrogens (tertiary/aromatic N) is 2. The number of likely N-dealkylation sites (tertiary alicyclic amines) is 1. The first-order chi connectivity index (χ1) is 10.2. The molecule has 9 heteroatoms. The molecule has 6 nitrogen and oxygen atoms in total. The molecule has 1 fully saturated rings. The molecule has 1 aliphatic heterocycles. The van der Waals surface area contributed by atoms with Gasteiger partial charge < -0.3 is 15.8 Å². The Kier molecular flexibility index (Phi) is 11.8. The van der Waals surface area contributed by atoms with E-state index >= 15 is 0 Å². The second-order valence-electron chi connectivity index (χ2n) is 5.33. The summed E-state index contributed by atoms with van der Waals surface area (Å²) in [5, 5.41) is 5.48. The molecule has 0 spiro atoms. The SMILES string of the molecule is COC(CN)CC(=O)Nc1nc(CN2CCCCC2)cs1.Cl.Cl. The fourth-order valence-electron chi connectivity index (χ4n) is 2.42. The molecule has 134 valence electrons. The van der Waals surface area contributed by atoms with Crippen molar-refractivity contribution in [2.24, 2.45) is 5.73 Å². The smallest absolute Gasteiger partial charge is 0.228 e. The van der Waals surface area contributed by atoms with Gasteiger partial charge in [-0.25, -0.2) is 4.98 Å². The quantitative estimate of drug-likeness (QED) is 0.753. The van der Waals surface area contributed by atoms with E-state index in [1.165, 1.54) is 30.6 Å². The Morgan fingerprint density at radius 2 is 2.13 bits per heavy atom. The lowest BCUT2D eigenvalue weighted by atomic mass is 10.1. The zero-order chi connectivity index (χ0) is 15.1. The molecule has 1 unspecified atom stereocenters. The van der Waals surface area contributed by atoms with Gasteiger partial charge in [-0.05, 0) is 25.9 Å². The number of anilines is 1. The average molecular weight is 385 g/mol. The number of hydrogen-bond acceptors (Lipinski definition) is 6. The van der Waals surface area contributed by atoms with E-state index in [1.807, 2.05) is 5.38 Å². The number of carbonyl (C=O) groups is 1. The minimum atomic E-state index is -0.238. The largest absolute Gasteiger partial charge is 0.380 e. The first-order valence-corrected chi connectivity index (χ1v) is 8.28. The van der Waals surface area contributed by atoms with E-state index in [4.69, 9.17) is 10.5 Å². The molecule has 3 N–H and O–H groups in total. The summed E-state index contributed by atoms with van der Waals surface area (Å²) in [4.78, 5) is 18.7. The highest BCUT2D eigenvalue weighted by atomic mass is 35.5. The minimum absolute atomic E-state index is 0. The van der Waals surface area contributed by atoms with Gasteiger partial charge in [0.25, 0.3) is 0 Å². The highest BCUT2D eigenvalue weighted by Gasteiger charge is 2.15. The molecule has 1 atom stereocenters. The van der Waals surface area contributed by atoms with Crippen LogP contribution in [-0.4, -0.2) is 48.6 Å². The number of carbonyl (C=O) groups excluding carboxylic acids is 1. The molecule has 0 radical (unpaired) electrons. The van der Waals surface area contributed by atoms with Crippen molar-refractivity contribution in [2.45, 2.75) is 38.3 Å². The van der Waals surface area contributed by atoms with Crippen LogP contribution in [0.15, 0.2) is 5.38 Å². The number of rotatable bonds is 7. The van der Waals surface area contributed by atoms with Crippen LogP contribution in [0.5, 0.6) is 0 Å². The van der Waals surface area contributed by atoms with E-state index in [1.54, 1.807) is 7.11 Å². The number of hydrogen-bond donors (Lipinski definition) is 2. The number of thiazole rings is 1. The second kappa shape index (κ2) is 12.0. The van der Waals surface area contributed by atoms with Gasteiger partial charge >= 0.3 is 0 Å². The van der Waals surface area contributed by atoms with Gasteiger partial charge in [0.05, 0.1) is 18.2 Å². The van der Waals surface area contributed by atoms with Crippen LogP contribution in [0.4, 0.5) is 5.13 Å². The Hall–Kier alpha value is -0.440. The Morgan fingerprint density at radius 3 is 2.74 bits per heavy atom. The molecule has 1 aromatic heterocycles. The van der Waals surface area contributed by atoms with E-state index < -0.39 is 0 Å². The predicted molar refractivity (Wildman–Crippen MR) is 98.8 cm³/mol. The predicted octanol–water partition coefficient (Wildman–Crippen LogP) is 2.27. The molecule has 2 rings (SSSR count). The molecule has 23 heavy (non-hydrogen) atoms. The van der Waals surface area contributed by atoms with E-state index in [2.05, 4.69) is 15.2 Å². The summed E-state index contributed by atoms with van der Waals surface area (Å²) >= 11 is 1.47. The van der Waals surface area contributed by atoms with Crippen molar-refractivity contribution in [1.29, 1.82) is 0 Å². The van der Waals surface area contributed by atoms with Crippen LogP contribution in [0.1, 0.15) is 31.4 Å². The number of methoxy groups -OCH3 is 1. The van der Waals surface area contributed by atoms with Crippen LogP contribution in [0.25, 0.3) is 0 Å². The Balaban J connectivity index is 0.00000242. The van der Waals surface area contributed by atoms with Gasteiger partial charge in [0.2, 0.25) is 5.91 Å². The van der Waals surface area contributed by atoms with Gasteiger partial charge in [-0.3, -0.25) is 9.69 Å². The lowest BCUT2D eigenvalue weighted by molar-refractivity contribution is -0.118. The molecule has 0 aromatic carbocycles. The summed E-state index contributed by atoms with van der Waals surface area (Å²) in [7, 11) is 1.56. The number of piperidine rings is 1. The normalized spacial score (nSPS) is 16.1. The average Bonchev–Trinajstić information content (AvgIpc) is 2.92. The van der Waals surface area contributed by atoms with E-state index in [-0.39, 0.29) is 43.2 Å². The Labute approximate surface area is 154 Å². The van der Waals surface area contributed by atoms with Crippen LogP contribution < -0.4 is 11.1 Å². The molecule has 0 saturated carbocycles. The van der Waals surface area contributed by atoms with Crippen LogP contribution in [-0.2, 0) is 16.1 Å². The number of amides is 1. The summed E-state index contributed by atoms with van der Waals surface area (Å²) in [6.45, 7) is 3.49. The van der Waals surface area contributed by atoms with Crippen molar-refractivity contribution in [3.63, 3.8) is 0 Å². The highest BCUT2D eigenvalue weighted by Crippen LogP contribution is 2.19. The van der Waals surface area contributed by atoms with Crippen LogP contribution in [0, 0.1) is 0 Å². The number of nitrogens with two attached hydrogens (primary N) is 1. The zero-order valence-corrected chi connectivity index (χ0v) is 15.8. The number of ether oxygens (including phenoxy) is 1.